The second-order valence-corrected chi connectivity index (χ2v) is 6.44. The number of hydrogen-bond donors (Lipinski definition) is 1. The third-order valence-electron chi connectivity index (χ3n) is 4.05. The maximum absolute atomic E-state index is 12.7. The van der Waals surface area contributed by atoms with E-state index in [1.807, 2.05) is 26.0 Å². The lowest BCUT2D eigenvalue weighted by atomic mass is 10.0. The smallest absolute Gasteiger partial charge is 0.324 e. The van der Waals surface area contributed by atoms with Gasteiger partial charge in [0.05, 0.1) is 5.56 Å². The molecule has 144 valence electrons. The fourth-order valence-electron chi connectivity index (χ4n) is 2.66. The summed E-state index contributed by atoms with van der Waals surface area (Å²) in [6, 6.07) is 11.5. The summed E-state index contributed by atoms with van der Waals surface area (Å²) in [4.78, 5) is 25.5. The Hall–Kier alpha value is -2.83. The predicted molar refractivity (Wildman–Crippen MR) is 98.6 cm³/mol. The summed E-state index contributed by atoms with van der Waals surface area (Å²) in [5.74, 6) is -0.680. The van der Waals surface area contributed by atoms with Gasteiger partial charge in [0.15, 0.2) is 0 Å². The summed E-state index contributed by atoms with van der Waals surface area (Å²) in [5, 5.41) is 2.77. The third kappa shape index (κ3) is 5.32. The monoisotopic (exact) mass is 378 g/mol. The molecule has 0 aliphatic carbocycles. The van der Waals surface area contributed by atoms with Gasteiger partial charge in [0.25, 0.3) is 0 Å². The van der Waals surface area contributed by atoms with E-state index < -0.39 is 23.6 Å². The minimum Gasteiger partial charge on any atom is -0.324 e. The Morgan fingerprint density at radius 3 is 2.15 bits per heavy atom. The molecule has 2 rings (SSSR count). The molecule has 0 radical (unpaired) electrons. The molecular weight excluding hydrogens is 357 g/mol. The number of hydrogen-bond acceptors (Lipinski definition) is 2. The lowest BCUT2D eigenvalue weighted by Crippen LogP contribution is -2.36. The van der Waals surface area contributed by atoms with E-state index >= 15 is 0 Å². The number of nitrogens with zero attached hydrogens (tertiary/aromatic N) is 1. The molecule has 0 saturated heterocycles. The summed E-state index contributed by atoms with van der Waals surface area (Å²) >= 11 is 0. The van der Waals surface area contributed by atoms with Gasteiger partial charge in [-0.05, 0) is 41.8 Å². The maximum Gasteiger partial charge on any atom is 0.416 e. The third-order valence-corrected chi connectivity index (χ3v) is 4.05. The highest BCUT2D eigenvalue weighted by atomic mass is 19.4. The number of anilines is 2. The van der Waals surface area contributed by atoms with Crippen LogP contribution in [0.3, 0.4) is 0 Å². The average Bonchev–Trinajstić information content (AvgIpc) is 2.59. The number of rotatable bonds is 5. The molecule has 4 nitrogen and oxygen atoms in total. The van der Waals surface area contributed by atoms with Gasteiger partial charge in [-0.2, -0.15) is 13.2 Å². The molecule has 0 saturated carbocycles. The highest BCUT2D eigenvalue weighted by Crippen LogP contribution is 2.30. The fraction of sp³-hybridized carbons (Fsp3) is 0.300. The fourth-order valence-corrected chi connectivity index (χ4v) is 2.66. The van der Waals surface area contributed by atoms with E-state index in [1.54, 1.807) is 12.1 Å². The molecule has 2 aromatic rings. The predicted octanol–water partition coefficient (Wildman–Crippen LogP) is 4.82. The lowest BCUT2D eigenvalue weighted by Gasteiger charge is -2.22. The molecule has 7 heteroatoms. The first-order valence-electron chi connectivity index (χ1n) is 8.43. The Morgan fingerprint density at radius 2 is 1.63 bits per heavy atom. The van der Waals surface area contributed by atoms with Crippen LogP contribution >= 0.6 is 0 Å². The van der Waals surface area contributed by atoms with E-state index in [2.05, 4.69) is 5.32 Å². The van der Waals surface area contributed by atoms with Gasteiger partial charge < -0.3 is 10.2 Å². The second-order valence-electron chi connectivity index (χ2n) is 6.44. The van der Waals surface area contributed by atoms with E-state index in [9.17, 15) is 22.8 Å². The molecule has 2 aromatic carbocycles. The van der Waals surface area contributed by atoms with Gasteiger partial charge in [0.1, 0.15) is 6.54 Å². The van der Waals surface area contributed by atoms with Crippen LogP contribution in [0, 0.1) is 0 Å². The van der Waals surface area contributed by atoms with Gasteiger partial charge >= 0.3 is 6.18 Å². The topological polar surface area (TPSA) is 49.4 Å². The highest BCUT2D eigenvalue weighted by Gasteiger charge is 2.30. The highest BCUT2D eigenvalue weighted by molar-refractivity contribution is 6.02. The van der Waals surface area contributed by atoms with Crippen molar-refractivity contribution in [2.75, 3.05) is 16.8 Å². The van der Waals surface area contributed by atoms with E-state index in [1.165, 1.54) is 19.1 Å². The maximum atomic E-state index is 12.7. The minimum absolute atomic E-state index is 0.195. The van der Waals surface area contributed by atoms with Gasteiger partial charge in [-0.15, -0.1) is 0 Å². The molecule has 0 aliphatic rings. The van der Waals surface area contributed by atoms with Crippen LogP contribution in [0.5, 0.6) is 0 Å². The molecule has 0 heterocycles. The van der Waals surface area contributed by atoms with Crippen LogP contribution in [-0.2, 0) is 15.8 Å². The Bertz CT molecular complexity index is 815. The Morgan fingerprint density at radius 1 is 1.04 bits per heavy atom. The van der Waals surface area contributed by atoms with Crippen molar-refractivity contribution in [3.05, 3.63) is 59.7 Å². The van der Waals surface area contributed by atoms with E-state index in [0.29, 0.717) is 5.69 Å². The lowest BCUT2D eigenvalue weighted by molar-refractivity contribution is -0.137. The second kappa shape index (κ2) is 8.24. The Kier molecular flexibility index (Phi) is 6.25. The Balaban J connectivity index is 2.17. The van der Waals surface area contributed by atoms with Crippen LogP contribution in [0.2, 0.25) is 0 Å². The van der Waals surface area contributed by atoms with Crippen molar-refractivity contribution < 1.29 is 22.8 Å². The van der Waals surface area contributed by atoms with Crippen molar-refractivity contribution in [1.82, 2.24) is 0 Å². The molecule has 0 unspecified atom stereocenters. The van der Waals surface area contributed by atoms with Gasteiger partial charge in [-0.3, -0.25) is 9.59 Å². The number of amides is 2. The van der Waals surface area contributed by atoms with Crippen molar-refractivity contribution >= 4 is 23.2 Å². The SMILES string of the molecule is CC(=O)N(CC(=O)Nc1ccccc1C(C)C)c1ccc(C(F)(F)F)cc1. The Labute approximate surface area is 156 Å². The van der Waals surface area contributed by atoms with E-state index in [0.717, 1.165) is 22.6 Å². The van der Waals surface area contributed by atoms with Crippen LogP contribution in [0.4, 0.5) is 24.5 Å². The van der Waals surface area contributed by atoms with Crippen molar-refractivity contribution in [2.45, 2.75) is 32.9 Å². The van der Waals surface area contributed by atoms with E-state index in [-0.39, 0.29) is 18.2 Å². The number of carbonyl (C=O) groups is 2. The number of halogens is 3. The molecule has 2 amide bonds. The van der Waals surface area contributed by atoms with Crippen LogP contribution in [0.25, 0.3) is 0 Å². The zero-order valence-corrected chi connectivity index (χ0v) is 15.3. The number of benzene rings is 2. The first-order valence-corrected chi connectivity index (χ1v) is 8.43. The molecule has 0 bridgehead atoms. The number of nitrogens with one attached hydrogen (secondary N) is 1. The molecule has 0 fully saturated rings. The van der Waals surface area contributed by atoms with E-state index in [4.69, 9.17) is 0 Å². The van der Waals surface area contributed by atoms with Crippen LogP contribution in [0.1, 0.15) is 37.8 Å². The molecule has 27 heavy (non-hydrogen) atoms. The molecule has 0 aliphatic heterocycles. The molecule has 1 N–H and O–H groups in total. The van der Waals surface area contributed by atoms with Crippen molar-refractivity contribution in [1.29, 1.82) is 0 Å². The zero-order chi connectivity index (χ0) is 20.2. The minimum atomic E-state index is -4.46. The van der Waals surface area contributed by atoms with Gasteiger partial charge in [-0.25, -0.2) is 0 Å². The summed E-state index contributed by atoms with van der Waals surface area (Å²) < 4.78 is 38.1. The van der Waals surface area contributed by atoms with Gasteiger partial charge in [-0.1, -0.05) is 32.0 Å². The van der Waals surface area contributed by atoms with Gasteiger partial charge in [0.2, 0.25) is 11.8 Å². The van der Waals surface area contributed by atoms with Gasteiger partial charge in [0, 0.05) is 18.3 Å². The number of carbonyl (C=O) groups excluding carboxylic acids is 2. The normalized spacial score (nSPS) is 11.4. The largest absolute Gasteiger partial charge is 0.416 e. The quantitative estimate of drug-likeness (QED) is 0.811. The summed E-state index contributed by atoms with van der Waals surface area (Å²) in [6.07, 6.45) is -4.46. The molecule has 0 atom stereocenters. The first-order chi connectivity index (χ1) is 12.6. The van der Waals surface area contributed by atoms with Crippen LogP contribution in [-0.4, -0.2) is 18.4 Å². The standard InChI is InChI=1S/C20H21F3N2O2/c1-13(2)17-6-4-5-7-18(17)24-19(27)12-25(14(3)26)16-10-8-15(9-11-16)20(21,22)23/h4-11,13H,12H2,1-3H3,(H,24,27). The molecular formula is C20H21F3N2O2. The van der Waals surface area contributed by atoms with Crippen molar-refractivity contribution in [3.8, 4) is 0 Å². The molecule has 0 spiro atoms. The van der Waals surface area contributed by atoms with Crippen molar-refractivity contribution in [2.24, 2.45) is 0 Å². The average molecular weight is 378 g/mol. The van der Waals surface area contributed by atoms with Crippen LogP contribution < -0.4 is 10.2 Å². The zero-order valence-electron chi connectivity index (χ0n) is 15.3. The number of para-hydroxylation sites is 1. The summed E-state index contributed by atoms with van der Waals surface area (Å²) in [5.41, 5.74) is 1.01. The summed E-state index contributed by atoms with van der Waals surface area (Å²) in [7, 11) is 0. The van der Waals surface area contributed by atoms with Crippen LogP contribution in [0.15, 0.2) is 48.5 Å². The van der Waals surface area contributed by atoms with Crippen molar-refractivity contribution in [3.63, 3.8) is 0 Å². The summed E-state index contributed by atoms with van der Waals surface area (Å²) in [6.45, 7) is 4.95. The first kappa shape index (κ1) is 20.5. The number of alkyl halides is 3. The molecule has 0 aromatic heterocycles.